The van der Waals surface area contributed by atoms with E-state index in [9.17, 15) is 4.79 Å². The van der Waals surface area contributed by atoms with Crippen LogP contribution >= 0.6 is 0 Å². The SMILES string of the molecule is CC(C)(C)OC(=O)N(CCO)Cc1cccnc1. The third-order valence-corrected chi connectivity index (χ3v) is 2.12. The quantitative estimate of drug-likeness (QED) is 0.887. The van der Waals surface area contributed by atoms with E-state index < -0.39 is 11.7 Å². The van der Waals surface area contributed by atoms with Gasteiger partial charge >= 0.3 is 6.09 Å². The molecule has 0 aliphatic rings. The highest BCUT2D eigenvalue weighted by molar-refractivity contribution is 5.68. The van der Waals surface area contributed by atoms with Crippen LogP contribution in [0.25, 0.3) is 0 Å². The first kappa shape index (κ1) is 14.4. The second kappa shape index (κ2) is 6.35. The molecular weight excluding hydrogens is 232 g/mol. The Morgan fingerprint density at radius 1 is 1.50 bits per heavy atom. The smallest absolute Gasteiger partial charge is 0.410 e. The summed E-state index contributed by atoms with van der Waals surface area (Å²) in [6.45, 7) is 5.96. The molecule has 0 saturated carbocycles. The summed E-state index contributed by atoms with van der Waals surface area (Å²) in [5, 5.41) is 9.00. The maximum atomic E-state index is 11.9. The fourth-order valence-electron chi connectivity index (χ4n) is 1.39. The maximum absolute atomic E-state index is 11.9. The first-order valence-corrected chi connectivity index (χ1v) is 5.90. The van der Waals surface area contributed by atoms with Crippen molar-refractivity contribution in [1.29, 1.82) is 0 Å². The lowest BCUT2D eigenvalue weighted by atomic mass is 10.2. The molecule has 1 aromatic rings. The van der Waals surface area contributed by atoms with Crippen molar-refractivity contribution in [3.8, 4) is 0 Å². The standard InChI is InChI=1S/C13H20N2O3/c1-13(2,3)18-12(17)15(7-8-16)10-11-5-4-6-14-9-11/h4-6,9,16H,7-8,10H2,1-3H3. The van der Waals surface area contributed by atoms with Gasteiger partial charge in [0.05, 0.1) is 13.2 Å². The number of hydrogen-bond acceptors (Lipinski definition) is 4. The highest BCUT2D eigenvalue weighted by atomic mass is 16.6. The number of ether oxygens (including phenoxy) is 1. The number of rotatable bonds is 4. The van der Waals surface area contributed by atoms with Crippen LogP contribution in [0.3, 0.4) is 0 Å². The molecule has 1 rings (SSSR count). The summed E-state index contributed by atoms with van der Waals surface area (Å²) >= 11 is 0. The lowest BCUT2D eigenvalue weighted by molar-refractivity contribution is 0.0201. The second-order valence-electron chi connectivity index (χ2n) is 4.99. The monoisotopic (exact) mass is 252 g/mol. The van der Waals surface area contributed by atoms with Crippen molar-refractivity contribution in [2.24, 2.45) is 0 Å². The lowest BCUT2D eigenvalue weighted by Gasteiger charge is -2.26. The summed E-state index contributed by atoms with van der Waals surface area (Å²) in [5.41, 5.74) is 0.358. The van der Waals surface area contributed by atoms with Crippen LogP contribution in [0.15, 0.2) is 24.5 Å². The third kappa shape index (κ3) is 5.14. The lowest BCUT2D eigenvalue weighted by Crippen LogP contribution is -2.38. The van der Waals surface area contributed by atoms with Gasteiger partial charge in [-0.05, 0) is 32.4 Å². The van der Waals surface area contributed by atoms with Gasteiger partial charge in [0.2, 0.25) is 0 Å². The summed E-state index contributed by atoms with van der Waals surface area (Å²) in [6.07, 6.45) is 2.93. The van der Waals surface area contributed by atoms with Crippen molar-refractivity contribution >= 4 is 6.09 Å². The number of hydrogen-bond donors (Lipinski definition) is 1. The molecule has 5 heteroatoms. The van der Waals surface area contributed by atoms with Crippen molar-refractivity contribution < 1.29 is 14.6 Å². The van der Waals surface area contributed by atoms with E-state index in [0.717, 1.165) is 5.56 Å². The molecule has 0 aliphatic heterocycles. The minimum Gasteiger partial charge on any atom is -0.444 e. The number of aromatic nitrogens is 1. The molecule has 0 radical (unpaired) electrons. The summed E-state index contributed by atoms with van der Waals surface area (Å²) in [4.78, 5) is 17.4. The molecular formula is C13H20N2O3. The predicted octanol–water partition coefficient (Wildman–Crippen LogP) is 1.81. The minimum absolute atomic E-state index is 0.0977. The van der Waals surface area contributed by atoms with Gasteiger partial charge in [-0.15, -0.1) is 0 Å². The molecule has 0 spiro atoms. The van der Waals surface area contributed by atoms with Crippen LogP contribution in [0.5, 0.6) is 0 Å². The molecule has 1 amide bonds. The van der Waals surface area contributed by atoms with Gasteiger partial charge in [0, 0.05) is 18.9 Å². The van der Waals surface area contributed by atoms with Crippen molar-refractivity contribution in [3.63, 3.8) is 0 Å². The van der Waals surface area contributed by atoms with E-state index in [1.54, 1.807) is 12.4 Å². The molecule has 0 aromatic carbocycles. The van der Waals surface area contributed by atoms with Crippen LogP contribution < -0.4 is 0 Å². The van der Waals surface area contributed by atoms with E-state index in [-0.39, 0.29) is 13.2 Å². The van der Waals surface area contributed by atoms with Gasteiger partial charge in [0.25, 0.3) is 0 Å². The number of nitrogens with zero attached hydrogens (tertiary/aromatic N) is 2. The third-order valence-electron chi connectivity index (χ3n) is 2.12. The Balaban J connectivity index is 2.68. The second-order valence-corrected chi connectivity index (χ2v) is 4.99. The summed E-state index contributed by atoms with van der Waals surface area (Å²) < 4.78 is 5.28. The van der Waals surface area contributed by atoms with E-state index >= 15 is 0 Å². The molecule has 1 N–H and O–H groups in total. The van der Waals surface area contributed by atoms with Crippen molar-refractivity contribution in [3.05, 3.63) is 30.1 Å². The number of amides is 1. The number of carbonyl (C=O) groups is 1. The zero-order valence-electron chi connectivity index (χ0n) is 11.1. The average molecular weight is 252 g/mol. The van der Waals surface area contributed by atoms with Crippen molar-refractivity contribution in [1.82, 2.24) is 9.88 Å². The summed E-state index contributed by atoms with van der Waals surface area (Å²) in [7, 11) is 0. The van der Waals surface area contributed by atoms with Crippen molar-refractivity contribution in [2.75, 3.05) is 13.2 Å². The van der Waals surface area contributed by atoms with E-state index in [0.29, 0.717) is 6.54 Å². The van der Waals surface area contributed by atoms with E-state index in [2.05, 4.69) is 4.98 Å². The van der Waals surface area contributed by atoms with Crippen LogP contribution in [0, 0.1) is 0 Å². The highest BCUT2D eigenvalue weighted by Crippen LogP contribution is 2.12. The molecule has 0 unspecified atom stereocenters. The summed E-state index contributed by atoms with van der Waals surface area (Å²) in [5.74, 6) is 0. The van der Waals surface area contributed by atoms with Crippen molar-refractivity contribution in [2.45, 2.75) is 32.9 Å². The van der Waals surface area contributed by atoms with E-state index in [1.807, 2.05) is 32.9 Å². The van der Waals surface area contributed by atoms with Crippen LogP contribution in [-0.4, -0.2) is 39.8 Å². The topological polar surface area (TPSA) is 62.7 Å². The highest BCUT2D eigenvalue weighted by Gasteiger charge is 2.21. The molecule has 0 atom stereocenters. The van der Waals surface area contributed by atoms with Gasteiger partial charge < -0.3 is 14.7 Å². The first-order valence-electron chi connectivity index (χ1n) is 5.90. The van der Waals surface area contributed by atoms with E-state index in [4.69, 9.17) is 9.84 Å². The predicted molar refractivity (Wildman–Crippen MR) is 68.0 cm³/mol. The number of pyridine rings is 1. The Morgan fingerprint density at radius 2 is 2.22 bits per heavy atom. The fraction of sp³-hybridized carbons (Fsp3) is 0.538. The zero-order valence-corrected chi connectivity index (χ0v) is 11.1. The normalized spacial score (nSPS) is 11.1. The Bertz CT molecular complexity index is 374. The van der Waals surface area contributed by atoms with Gasteiger partial charge in [0.1, 0.15) is 5.60 Å². The maximum Gasteiger partial charge on any atom is 0.410 e. The largest absolute Gasteiger partial charge is 0.444 e. The molecule has 5 nitrogen and oxygen atoms in total. The van der Waals surface area contributed by atoms with E-state index in [1.165, 1.54) is 4.90 Å². The van der Waals surface area contributed by atoms with Gasteiger partial charge in [-0.1, -0.05) is 6.07 Å². The number of aliphatic hydroxyl groups excluding tert-OH is 1. The fourth-order valence-corrected chi connectivity index (χ4v) is 1.39. The molecule has 0 aliphatic carbocycles. The van der Waals surface area contributed by atoms with Gasteiger partial charge in [0.15, 0.2) is 0 Å². The minimum atomic E-state index is -0.542. The Morgan fingerprint density at radius 3 is 2.72 bits per heavy atom. The Hall–Kier alpha value is -1.62. The first-order chi connectivity index (χ1) is 8.42. The van der Waals surface area contributed by atoms with Gasteiger partial charge in [-0.3, -0.25) is 4.98 Å². The average Bonchev–Trinajstić information content (AvgIpc) is 2.27. The number of carbonyl (C=O) groups excluding carboxylic acids is 1. The Labute approximate surface area is 107 Å². The molecule has 1 aromatic heterocycles. The van der Waals surface area contributed by atoms with Crippen LogP contribution in [0.1, 0.15) is 26.3 Å². The van der Waals surface area contributed by atoms with Gasteiger partial charge in [-0.25, -0.2) is 4.79 Å². The van der Waals surface area contributed by atoms with Crippen LogP contribution in [-0.2, 0) is 11.3 Å². The van der Waals surface area contributed by atoms with Crippen LogP contribution in [0.2, 0.25) is 0 Å². The molecule has 0 fully saturated rings. The summed E-state index contributed by atoms with van der Waals surface area (Å²) in [6, 6.07) is 3.68. The molecule has 18 heavy (non-hydrogen) atoms. The van der Waals surface area contributed by atoms with Crippen LogP contribution in [0.4, 0.5) is 4.79 Å². The zero-order chi connectivity index (χ0) is 13.6. The number of aliphatic hydroxyl groups is 1. The molecule has 1 heterocycles. The van der Waals surface area contributed by atoms with Gasteiger partial charge in [-0.2, -0.15) is 0 Å². The molecule has 0 saturated heterocycles. The molecule has 0 bridgehead atoms. The Kier molecular flexibility index (Phi) is 5.09. The molecule has 100 valence electrons.